The van der Waals surface area contributed by atoms with Crippen molar-refractivity contribution in [2.45, 2.75) is 199 Å². The zero-order valence-electron chi connectivity index (χ0n) is 45.8. The summed E-state index contributed by atoms with van der Waals surface area (Å²) in [4.78, 5) is 0. The SMILES string of the molecule is CC(=N)O[C@@H]1O[C@H](C)[C@H](O[C@@H]2OC[C@@H](OCc3ccccc3)C(OCc3ccccc3)C2C)C2OC(C)(C)OC21.CC1C(OCc2ccccc2)[C@H](OCc2ccccc2)CO[C@H]1O[C@@H]1C2OC(C)(C)OC2[C@H](O)O[C@@H]1C. The van der Waals surface area contributed by atoms with Gasteiger partial charge in [-0.25, -0.2) is 0 Å². The molecule has 0 bridgehead atoms. The van der Waals surface area contributed by atoms with Crippen molar-refractivity contribution in [3.8, 4) is 0 Å². The fraction of sp³-hybridized carbons (Fsp3) is 0.583. The lowest BCUT2D eigenvalue weighted by Gasteiger charge is -2.45. The van der Waals surface area contributed by atoms with E-state index >= 15 is 0 Å². The fourth-order valence-corrected chi connectivity index (χ4v) is 10.9. The number of rotatable bonds is 17. The summed E-state index contributed by atoms with van der Waals surface area (Å²) in [5.74, 6) is -1.95. The average Bonchev–Trinajstić information content (AvgIpc) is 3.97. The summed E-state index contributed by atoms with van der Waals surface area (Å²) in [6.07, 6.45) is -7.99. The molecule has 6 fully saturated rings. The number of aliphatic hydroxyl groups is 1. The standard InChI is InChI=1S/C31H41NO8.C29H38O8/c1-19-25(34-17-23-14-10-7-11-15-23)24(33-16-22-12-8-6-9-13-22)18-35-29(19)38-26-20(2)36-30(37-21(3)32)28-27(26)39-31(4,5)40-28;1-18-23(32-16-21-13-9-6-10-14-21)22(31-15-20-11-7-5-8-12-20)17-33-28(18)35-24-19(2)34-27(30)26-25(24)36-29(3,4)37-26/h6-15,19-20,24-30,32H,16-18H2,1-5H3;5-14,18-19,22-28,30H,15-17H2,1-4H3/t19?,20-,24-,25?,26+,27?,28?,29+,30+;18?,19-,22-,23?,24+,25?,26?,27-,28+/m11/s1. The van der Waals surface area contributed by atoms with Crippen molar-refractivity contribution in [1.82, 2.24) is 0 Å². The van der Waals surface area contributed by atoms with Gasteiger partial charge in [-0.3, -0.25) is 5.41 Å². The highest BCUT2D eigenvalue weighted by Gasteiger charge is 2.58. The Bertz CT molecular complexity index is 2420. The molecule has 10 rings (SSSR count). The molecule has 8 unspecified atom stereocenters. The summed E-state index contributed by atoms with van der Waals surface area (Å²) in [5, 5.41) is 18.2. The van der Waals surface area contributed by atoms with Crippen LogP contribution in [0.25, 0.3) is 0 Å². The first kappa shape index (κ1) is 57.4. The molecule has 0 amide bonds. The van der Waals surface area contributed by atoms with E-state index < -0.39 is 85.6 Å². The second-order valence-corrected chi connectivity index (χ2v) is 21.8. The number of aliphatic hydroxyl groups excluding tert-OH is 1. The first-order valence-corrected chi connectivity index (χ1v) is 27.1. The molecule has 0 saturated carbocycles. The fourth-order valence-electron chi connectivity index (χ4n) is 10.9. The van der Waals surface area contributed by atoms with Gasteiger partial charge in [0.2, 0.25) is 6.29 Å². The molecule has 77 heavy (non-hydrogen) atoms. The Morgan fingerprint density at radius 1 is 0.481 bits per heavy atom. The molecule has 420 valence electrons. The van der Waals surface area contributed by atoms with Crippen molar-refractivity contribution < 1.29 is 76.2 Å². The number of hydrogen-bond donors (Lipinski definition) is 2. The number of nitrogens with one attached hydrogen (secondary N) is 1. The summed E-state index contributed by atoms with van der Waals surface area (Å²) in [5.41, 5.74) is 4.36. The van der Waals surface area contributed by atoms with Crippen LogP contribution in [0.4, 0.5) is 0 Å². The van der Waals surface area contributed by atoms with E-state index in [1.165, 1.54) is 0 Å². The van der Waals surface area contributed by atoms with E-state index in [0.29, 0.717) is 39.6 Å². The molecule has 6 saturated heterocycles. The Morgan fingerprint density at radius 3 is 1.23 bits per heavy atom. The van der Waals surface area contributed by atoms with E-state index in [2.05, 4.69) is 13.8 Å². The molecule has 2 N–H and O–H groups in total. The Hall–Kier alpha value is -4.25. The maximum absolute atomic E-state index is 10.4. The lowest BCUT2D eigenvalue weighted by Crippen LogP contribution is -2.60. The highest BCUT2D eigenvalue weighted by Crippen LogP contribution is 2.42. The largest absolute Gasteiger partial charge is 0.450 e. The third-order valence-corrected chi connectivity index (χ3v) is 14.7. The minimum atomic E-state index is -1.08. The second-order valence-electron chi connectivity index (χ2n) is 21.8. The molecule has 18 atom stereocenters. The van der Waals surface area contributed by atoms with Crippen molar-refractivity contribution >= 4 is 5.90 Å². The molecule has 0 aromatic heterocycles. The van der Waals surface area contributed by atoms with Gasteiger partial charge in [0.05, 0.1) is 64.1 Å². The van der Waals surface area contributed by atoms with Gasteiger partial charge in [-0.1, -0.05) is 135 Å². The smallest absolute Gasteiger partial charge is 0.230 e. The zero-order valence-corrected chi connectivity index (χ0v) is 45.8. The molecular formula is C60H79NO16. The van der Waals surface area contributed by atoms with E-state index in [-0.39, 0.29) is 42.1 Å². The minimum absolute atomic E-state index is 0.0489. The Labute approximate surface area is 453 Å². The predicted molar refractivity (Wildman–Crippen MR) is 281 cm³/mol. The van der Waals surface area contributed by atoms with Crippen LogP contribution in [0, 0.1) is 17.2 Å². The molecule has 0 aliphatic carbocycles. The molecule has 6 aliphatic rings. The van der Waals surface area contributed by atoms with E-state index in [9.17, 15) is 5.11 Å². The van der Waals surface area contributed by atoms with Crippen LogP contribution >= 0.6 is 0 Å². The molecule has 17 heteroatoms. The van der Waals surface area contributed by atoms with Gasteiger partial charge in [-0.05, 0) is 63.8 Å². The Balaban J connectivity index is 0.000000188. The van der Waals surface area contributed by atoms with Gasteiger partial charge in [-0.2, -0.15) is 0 Å². The molecule has 6 heterocycles. The van der Waals surface area contributed by atoms with Crippen LogP contribution in [0.5, 0.6) is 0 Å². The van der Waals surface area contributed by atoms with Crippen LogP contribution in [0.1, 0.15) is 84.6 Å². The molecule has 4 aromatic carbocycles. The summed E-state index contributed by atoms with van der Waals surface area (Å²) in [6, 6.07) is 40.3. The quantitative estimate of drug-likeness (QED) is 0.0757. The number of benzene rings is 4. The molecular weight excluding hydrogens is 991 g/mol. The predicted octanol–water partition coefficient (Wildman–Crippen LogP) is 8.61. The first-order chi connectivity index (χ1) is 37.0. The maximum atomic E-state index is 10.4. The second kappa shape index (κ2) is 25.9. The number of hydrogen-bond acceptors (Lipinski definition) is 17. The van der Waals surface area contributed by atoms with Crippen molar-refractivity contribution in [2.75, 3.05) is 13.2 Å². The molecule has 6 aliphatic heterocycles. The van der Waals surface area contributed by atoms with E-state index in [1.807, 2.05) is 163 Å². The van der Waals surface area contributed by atoms with Gasteiger partial charge in [0.1, 0.15) is 42.7 Å². The van der Waals surface area contributed by atoms with Crippen molar-refractivity contribution in [2.24, 2.45) is 11.8 Å². The summed E-state index contributed by atoms with van der Waals surface area (Å²) < 4.78 is 93.1. The number of fused-ring (bicyclic) bond motifs is 2. The minimum Gasteiger partial charge on any atom is -0.450 e. The van der Waals surface area contributed by atoms with Gasteiger partial charge >= 0.3 is 0 Å². The molecule has 4 aromatic rings. The van der Waals surface area contributed by atoms with E-state index in [0.717, 1.165) is 22.3 Å². The topological polar surface area (TPSA) is 183 Å². The van der Waals surface area contributed by atoms with Crippen LogP contribution in [0.15, 0.2) is 121 Å². The van der Waals surface area contributed by atoms with Crippen molar-refractivity contribution in [1.29, 1.82) is 5.41 Å². The van der Waals surface area contributed by atoms with Gasteiger partial charge in [0.15, 0.2) is 42.4 Å². The van der Waals surface area contributed by atoms with Crippen LogP contribution in [0.3, 0.4) is 0 Å². The Kier molecular flexibility index (Phi) is 19.3. The highest BCUT2D eigenvalue weighted by molar-refractivity contribution is 5.69. The normalized spacial score (nSPS) is 36.2. The molecule has 0 spiro atoms. The lowest BCUT2D eigenvalue weighted by atomic mass is 9.95. The highest BCUT2D eigenvalue weighted by atomic mass is 16.8. The average molecular weight is 1070 g/mol. The molecule has 0 radical (unpaired) electrons. The van der Waals surface area contributed by atoms with Crippen LogP contribution in [-0.4, -0.2) is 134 Å². The van der Waals surface area contributed by atoms with Gasteiger partial charge in [0.25, 0.3) is 0 Å². The van der Waals surface area contributed by atoms with Gasteiger partial charge < -0.3 is 76.2 Å². The zero-order chi connectivity index (χ0) is 54.3. The van der Waals surface area contributed by atoms with E-state index in [1.54, 1.807) is 6.92 Å². The van der Waals surface area contributed by atoms with Gasteiger partial charge in [0, 0.05) is 18.8 Å². The lowest BCUT2D eigenvalue weighted by molar-refractivity contribution is -0.322. The van der Waals surface area contributed by atoms with Crippen molar-refractivity contribution in [3.05, 3.63) is 144 Å². The summed E-state index contributed by atoms with van der Waals surface area (Å²) in [7, 11) is 0. The maximum Gasteiger partial charge on any atom is 0.230 e. The van der Waals surface area contributed by atoms with Crippen LogP contribution in [0.2, 0.25) is 0 Å². The monoisotopic (exact) mass is 1070 g/mol. The van der Waals surface area contributed by atoms with Crippen LogP contribution < -0.4 is 0 Å². The third kappa shape index (κ3) is 14.8. The summed E-state index contributed by atoms with van der Waals surface area (Å²) in [6.45, 7) is 19.3. The third-order valence-electron chi connectivity index (χ3n) is 14.7. The van der Waals surface area contributed by atoms with Crippen molar-refractivity contribution in [3.63, 3.8) is 0 Å². The Morgan fingerprint density at radius 2 is 0.831 bits per heavy atom. The summed E-state index contributed by atoms with van der Waals surface area (Å²) >= 11 is 0. The molecule has 17 nitrogen and oxygen atoms in total. The first-order valence-electron chi connectivity index (χ1n) is 27.1. The van der Waals surface area contributed by atoms with Crippen LogP contribution in [-0.2, 0) is 97.5 Å². The van der Waals surface area contributed by atoms with E-state index in [4.69, 9.17) is 76.5 Å². The van der Waals surface area contributed by atoms with Gasteiger partial charge in [-0.15, -0.1) is 0 Å². The number of ether oxygens (including phenoxy) is 15.